The molecule has 1 atom stereocenters. The first-order chi connectivity index (χ1) is 11.4. The van der Waals surface area contributed by atoms with E-state index in [0.717, 1.165) is 0 Å². The molecule has 0 aromatic heterocycles. The molecular weight excluding hydrogens is 317 g/mol. The number of fused-ring (bicyclic) bond motifs is 1. The first-order valence-corrected chi connectivity index (χ1v) is 7.00. The number of methoxy groups -OCH3 is 1. The summed E-state index contributed by atoms with van der Waals surface area (Å²) >= 11 is 0. The van der Waals surface area contributed by atoms with Crippen LogP contribution in [0.1, 0.15) is 15.9 Å². The average molecular weight is 333 g/mol. The lowest BCUT2D eigenvalue weighted by Gasteiger charge is -2.28. The van der Waals surface area contributed by atoms with Gasteiger partial charge in [-0.15, -0.1) is 6.42 Å². The highest BCUT2D eigenvalue weighted by molar-refractivity contribution is 5.99. The van der Waals surface area contributed by atoms with Gasteiger partial charge >= 0.3 is 6.03 Å². The number of amides is 3. The van der Waals surface area contributed by atoms with Crippen molar-refractivity contribution in [1.82, 2.24) is 15.5 Å². The quantitative estimate of drug-likeness (QED) is 0.599. The summed E-state index contributed by atoms with van der Waals surface area (Å²) in [4.78, 5) is 36.6. The number of halogens is 1. The second-order valence-corrected chi connectivity index (χ2v) is 5.21. The Morgan fingerprint density at radius 1 is 1.58 bits per heavy atom. The smallest absolute Gasteiger partial charge is 0.316 e. The predicted octanol–water partition coefficient (Wildman–Crippen LogP) is 0.290. The lowest BCUT2D eigenvalue weighted by atomic mass is 10.0. The number of carbonyl (C=O) groups is 3. The molecule has 0 radical (unpaired) electrons. The third-order valence-electron chi connectivity index (χ3n) is 3.74. The molecule has 0 saturated carbocycles. The molecule has 1 aromatic rings. The fraction of sp³-hybridized carbons (Fsp3) is 0.312. The number of carbonyl (C=O) groups excluding carboxylic acids is 3. The molecule has 7 nitrogen and oxygen atoms in total. The van der Waals surface area contributed by atoms with Crippen LogP contribution in [0, 0.1) is 18.2 Å². The molecule has 1 aliphatic heterocycles. The Morgan fingerprint density at radius 2 is 2.29 bits per heavy atom. The molecule has 2 N–H and O–H groups in total. The molecular formula is C16H16FN3O4. The van der Waals surface area contributed by atoms with Gasteiger partial charge in [0, 0.05) is 13.6 Å². The fourth-order valence-corrected chi connectivity index (χ4v) is 2.47. The number of terminal acetylenes is 1. The lowest BCUT2D eigenvalue weighted by Crippen LogP contribution is -2.58. The van der Waals surface area contributed by atoms with E-state index in [-0.39, 0.29) is 24.4 Å². The van der Waals surface area contributed by atoms with Gasteiger partial charge < -0.3 is 20.3 Å². The molecule has 1 aromatic carbocycles. The zero-order chi connectivity index (χ0) is 17.9. The minimum atomic E-state index is -1.71. The maximum absolute atomic E-state index is 14.3. The van der Waals surface area contributed by atoms with Crippen LogP contribution in [0.3, 0.4) is 0 Å². The SMILES string of the molecule is C#C[C@](C=O)(CN1Cc2ccc(OC)c(F)c2C1=O)NC(=O)NC. The van der Waals surface area contributed by atoms with Crippen LogP contribution in [0.5, 0.6) is 5.75 Å². The number of ether oxygens (including phenoxy) is 1. The van der Waals surface area contributed by atoms with Crippen molar-refractivity contribution in [3.63, 3.8) is 0 Å². The maximum atomic E-state index is 14.3. The normalized spacial score (nSPS) is 15.1. The van der Waals surface area contributed by atoms with Gasteiger partial charge in [-0.2, -0.15) is 0 Å². The Balaban J connectivity index is 2.30. The Labute approximate surface area is 138 Å². The first-order valence-electron chi connectivity index (χ1n) is 7.00. The molecule has 1 heterocycles. The van der Waals surface area contributed by atoms with Crippen LogP contribution in [0.4, 0.5) is 9.18 Å². The largest absolute Gasteiger partial charge is 0.494 e. The summed E-state index contributed by atoms with van der Waals surface area (Å²) in [6, 6.07) is 2.32. The average Bonchev–Trinajstić information content (AvgIpc) is 2.90. The van der Waals surface area contributed by atoms with Gasteiger partial charge in [0.2, 0.25) is 0 Å². The van der Waals surface area contributed by atoms with E-state index in [2.05, 4.69) is 16.6 Å². The Hall–Kier alpha value is -3.08. The molecule has 0 spiro atoms. The molecule has 24 heavy (non-hydrogen) atoms. The molecule has 0 unspecified atom stereocenters. The van der Waals surface area contributed by atoms with Crippen LogP contribution in [0.15, 0.2) is 12.1 Å². The van der Waals surface area contributed by atoms with Crippen molar-refractivity contribution in [2.75, 3.05) is 20.7 Å². The second kappa shape index (κ2) is 6.58. The molecule has 0 aliphatic carbocycles. The van der Waals surface area contributed by atoms with Crippen LogP contribution in [-0.2, 0) is 11.3 Å². The van der Waals surface area contributed by atoms with E-state index in [1.807, 2.05) is 0 Å². The van der Waals surface area contributed by atoms with Crippen molar-refractivity contribution in [2.24, 2.45) is 0 Å². The van der Waals surface area contributed by atoms with Crippen LogP contribution in [0.2, 0.25) is 0 Å². The minimum Gasteiger partial charge on any atom is -0.494 e. The topological polar surface area (TPSA) is 87.7 Å². The van der Waals surface area contributed by atoms with Gasteiger partial charge in [-0.1, -0.05) is 12.0 Å². The standard InChI is InChI=1S/C16H16FN3O4/c1-4-16(9-21,19-15(23)18-2)8-20-7-10-5-6-11(24-3)13(17)12(10)14(20)22/h1,5-6,9H,7-8H2,2-3H3,(H2,18,19,23)/t16-/m1/s1. The maximum Gasteiger partial charge on any atom is 0.316 e. The summed E-state index contributed by atoms with van der Waals surface area (Å²) in [6.45, 7) is -0.211. The van der Waals surface area contributed by atoms with E-state index in [4.69, 9.17) is 11.2 Å². The lowest BCUT2D eigenvalue weighted by molar-refractivity contribution is -0.111. The van der Waals surface area contributed by atoms with E-state index >= 15 is 0 Å². The van der Waals surface area contributed by atoms with E-state index < -0.39 is 23.3 Å². The van der Waals surface area contributed by atoms with Crippen LogP contribution < -0.4 is 15.4 Å². The Bertz CT molecular complexity index is 744. The molecule has 126 valence electrons. The van der Waals surface area contributed by atoms with Crippen molar-refractivity contribution >= 4 is 18.2 Å². The van der Waals surface area contributed by atoms with Crippen molar-refractivity contribution in [2.45, 2.75) is 12.1 Å². The molecule has 3 amide bonds. The monoisotopic (exact) mass is 333 g/mol. The van der Waals surface area contributed by atoms with Crippen molar-refractivity contribution in [1.29, 1.82) is 0 Å². The number of aldehydes is 1. The fourth-order valence-electron chi connectivity index (χ4n) is 2.47. The number of nitrogens with one attached hydrogen (secondary N) is 2. The summed E-state index contributed by atoms with van der Waals surface area (Å²) in [7, 11) is 2.66. The predicted molar refractivity (Wildman–Crippen MR) is 82.9 cm³/mol. The molecule has 0 bridgehead atoms. The van der Waals surface area contributed by atoms with Gasteiger partial charge in [0.25, 0.3) is 5.91 Å². The summed E-state index contributed by atoms with van der Waals surface area (Å²) < 4.78 is 19.2. The van der Waals surface area contributed by atoms with Gasteiger partial charge in [-0.3, -0.25) is 9.59 Å². The second-order valence-electron chi connectivity index (χ2n) is 5.21. The molecule has 2 rings (SSSR count). The van der Waals surface area contributed by atoms with Crippen molar-refractivity contribution in [3.8, 4) is 18.1 Å². The third-order valence-corrected chi connectivity index (χ3v) is 3.74. The summed E-state index contributed by atoms with van der Waals surface area (Å²) in [5.41, 5.74) is -1.38. The Kier molecular flexibility index (Phi) is 4.74. The minimum absolute atomic E-state index is 0.0500. The summed E-state index contributed by atoms with van der Waals surface area (Å²) in [6.07, 6.45) is 5.74. The van der Waals surface area contributed by atoms with Crippen molar-refractivity contribution in [3.05, 3.63) is 29.1 Å². The highest BCUT2D eigenvalue weighted by Crippen LogP contribution is 2.31. The first kappa shape index (κ1) is 17.3. The van der Waals surface area contributed by atoms with Crippen LogP contribution in [-0.4, -0.2) is 49.4 Å². The van der Waals surface area contributed by atoms with Crippen LogP contribution in [0.25, 0.3) is 0 Å². The third kappa shape index (κ3) is 2.88. The van der Waals surface area contributed by atoms with Gasteiger partial charge in [-0.25, -0.2) is 9.18 Å². The number of hydrogen-bond acceptors (Lipinski definition) is 4. The summed E-state index contributed by atoms with van der Waals surface area (Å²) in [5, 5.41) is 4.61. The molecule has 0 fully saturated rings. The molecule has 0 saturated heterocycles. The molecule has 1 aliphatic rings. The number of nitrogens with zero attached hydrogens (tertiary/aromatic N) is 1. The van der Waals surface area contributed by atoms with Crippen LogP contribution >= 0.6 is 0 Å². The van der Waals surface area contributed by atoms with E-state index in [1.54, 1.807) is 6.07 Å². The number of hydrogen-bond donors (Lipinski definition) is 2. The van der Waals surface area contributed by atoms with Gasteiger partial charge in [0.05, 0.1) is 19.2 Å². The number of urea groups is 1. The van der Waals surface area contributed by atoms with Gasteiger partial charge in [0.1, 0.15) is 0 Å². The van der Waals surface area contributed by atoms with E-state index in [1.165, 1.54) is 25.1 Å². The highest BCUT2D eigenvalue weighted by atomic mass is 19.1. The summed E-state index contributed by atoms with van der Waals surface area (Å²) in [5.74, 6) is 0.751. The number of benzene rings is 1. The van der Waals surface area contributed by atoms with Crippen molar-refractivity contribution < 1.29 is 23.5 Å². The highest BCUT2D eigenvalue weighted by Gasteiger charge is 2.39. The van der Waals surface area contributed by atoms with Gasteiger partial charge in [-0.05, 0) is 11.6 Å². The Morgan fingerprint density at radius 3 is 2.83 bits per heavy atom. The zero-order valence-electron chi connectivity index (χ0n) is 13.2. The number of rotatable bonds is 5. The van der Waals surface area contributed by atoms with E-state index in [9.17, 15) is 18.8 Å². The zero-order valence-corrected chi connectivity index (χ0v) is 13.2. The van der Waals surface area contributed by atoms with E-state index in [0.29, 0.717) is 11.8 Å². The molecule has 8 heteroatoms. The van der Waals surface area contributed by atoms with Gasteiger partial charge in [0.15, 0.2) is 23.4 Å².